The van der Waals surface area contributed by atoms with E-state index in [2.05, 4.69) is 15.4 Å². The number of para-hydroxylation sites is 1. The van der Waals surface area contributed by atoms with Crippen LogP contribution in [-0.4, -0.2) is 45.0 Å². The summed E-state index contributed by atoms with van der Waals surface area (Å²) in [6.45, 7) is 1.71. The Morgan fingerprint density at radius 2 is 1.79 bits per heavy atom. The van der Waals surface area contributed by atoms with Crippen molar-refractivity contribution < 1.29 is 18.8 Å². The average molecular weight is 384 g/mol. The lowest BCUT2D eigenvalue weighted by atomic mass is 10.1. The van der Waals surface area contributed by atoms with Crippen LogP contribution >= 0.6 is 0 Å². The van der Waals surface area contributed by atoms with Gasteiger partial charge in [-0.1, -0.05) is 23.4 Å². The second-order valence-electron chi connectivity index (χ2n) is 5.65. The van der Waals surface area contributed by atoms with Crippen LogP contribution in [0, 0.1) is 5.82 Å². The summed E-state index contributed by atoms with van der Waals surface area (Å²) < 4.78 is 17.9. The fraction of sp³-hybridized carbons (Fsp3) is 0.200. The lowest BCUT2D eigenvalue weighted by Crippen LogP contribution is -2.26. The molecule has 2 rings (SSSR count). The monoisotopic (exact) mass is 384 g/mol. The maximum Gasteiger partial charge on any atom is 0.413 e. The van der Waals surface area contributed by atoms with Gasteiger partial charge in [0.15, 0.2) is 0 Å². The first-order chi connectivity index (χ1) is 13.5. The molecule has 0 aliphatic carbocycles. The Labute approximate surface area is 162 Å². The highest BCUT2D eigenvalue weighted by atomic mass is 19.1. The third-order valence-electron chi connectivity index (χ3n) is 3.79. The summed E-state index contributed by atoms with van der Waals surface area (Å²) in [5, 5.41) is 12.2. The number of oxime groups is 1. The van der Waals surface area contributed by atoms with E-state index >= 15 is 0 Å². The minimum atomic E-state index is -0.494. The Kier molecular flexibility index (Phi) is 7.38. The van der Waals surface area contributed by atoms with Gasteiger partial charge in [-0.05, 0) is 37.3 Å². The van der Waals surface area contributed by atoms with Crippen LogP contribution in [0.25, 0.3) is 0 Å². The van der Waals surface area contributed by atoms with E-state index in [1.165, 1.54) is 37.5 Å². The number of halogens is 1. The van der Waals surface area contributed by atoms with E-state index in [1.54, 1.807) is 44.3 Å². The number of carbonyl (C=O) groups is 1. The molecule has 8 heteroatoms. The van der Waals surface area contributed by atoms with Gasteiger partial charge in [-0.15, -0.1) is 0 Å². The summed E-state index contributed by atoms with van der Waals surface area (Å²) in [7, 11) is 4.33. The van der Waals surface area contributed by atoms with E-state index in [4.69, 9.17) is 9.57 Å². The lowest BCUT2D eigenvalue weighted by Gasteiger charge is -2.17. The van der Waals surface area contributed by atoms with Gasteiger partial charge in [-0.2, -0.15) is 10.2 Å². The summed E-state index contributed by atoms with van der Waals surface area (Å²) in [6, 6.07) is 13.0. The Hall–Kier alpha value is -3.55. The third-order valence-corrected chi connectivity index (χ3v) is 3.79. The summed E-state index contributed by atoms with van der Waals surface area (Å²) in [5.74, 6) is -0.348. The van der Waals surface area contributed by atoms with Gasteiger partial charge in [0.25, 0.3) is 0 Å². The molecular weight excluding hydrogens is 363 g/mol. The number of hydrogen-bond donors (Lipinski definition) is 0. The van der Waals surface area contributed by atoms with Crippen molar-refractivity contribution in [1.29, 1.82) is 0 Å². The van der Waals surface area contributed by atoms with Gasteiger partial charge >= 0.3 is 6.09 Å². The zero-order valence-corrected chi connectivity index (χ0v) is 16.1. The Balaban J connectivity index is 2.29. The van der Waals surface area contributed by atoms with Crippen LogP contribution < -0.4 is 4.90 Å². The normalized spacial score (nSPS) is 12.2. The van der Waals surface area contributed by atoms with E-state index in [-0.39, 0.29) is 5.82 Å². The zero-order chi connectivity index (χ0) is 20.5. The zero-order valence-electron chi connectivity index (χ0n) is 16.1. The molecule has 28 heavy (non-hydrogen) atoms. The Morgan fingerprint density at radius 1 is 1.11 bits per heavy atom. The van der Waals surface area contributed by atoms with Crippen LogP contribution in [0.1, 0.15) is 18.1 Å². The summed E-state index contributed by atoms with van der Waals surface area (Å²) in [5.41, 5.74) is 2.85. The molecule has 0 aliphatic heterocycles. The minimum absolute atomic E-state index is 0.348. The lowest BCUT2D eigenvalue weighted by molar-refractivity contribution is 0.180. The van der Waals surface area contributed by atoms with E-state index in [1.807, 2.05) is 6.07 Å². The van der Waals surface area contributed by atoms with Gasteiger partial charge in [0.05, 0.1) is 24.7 Å². The topological polar surface area (TPSA) is 75.9 Å². The first-order valence-electron chi connectivity index (χ1n) is 8.33. The fourth-order valence-electron chi connectivity index (χ4n) is 2.39. The number of methoxy groups -OCH3 is 1. The molecule has 0 heterocycles. The molecule has 2 aromatic carbocycles. The van der Waals surface area contributed by atoms with Crippen molar-refractivity contribution in [3.05, 3.63) is 65.5 Å². The minimum Gasteiger partial charge on any atom is -0.452 e. The van der Waals surface area contributed by atoms with Crippen LogP contribution in [-0.2, 0) is 9.57 Å². The number of ether oxygens (including phenoxy) is 1. The SMILES string of the molecule is CON=C(C(C)=NN=Cc1ccccc1N(C)C(=O)OC)c1ccc(F)cc1. The number of nitrogens with zero attached hydrogens (tertiary/aromatic N) is 4. The molecule has 0 spiro atoms. The first kappa shape index (κ1) is 20.8. The van der Waals surface area contributed by atoms with Crippen molar-refractivity contribution in [2.45, 2.75) is 6.92 Å². The van der Waals surface area contributed by atoms with Gasteiger partial charge in [-0.3, -0.25) is 4.90 Å². The molecule has 2 aromatic rings. The summed E-state index contributed by atoms with van der Waals surface area (Å²) >= 11 is 0. The summed E-state index contributed by atoms with van der Waals surface area (Å²) in [6.07, 6.45) is 1.03. The predicted octanol–water partition coefficient (Wildman–Crippen LogP) is 3.87. The molecule has 146 valence electrons. The van der Waals surface area contributed by atoms with Crippen molar-refractivity contribution in [2.24, 2.45) is 15.4 Å². The van der Waals surface area contributed by atoms with Crippen LogP contribution in [0.2, 0.25) is 0 Å². The Bertz CT molecular complexity index is 908. The molecule has 0 radical (unpaired) electrons. The van der Waals surface area contributed by atoms with Crippen molar-refractivity contribution in [3.8, 4) is 0 Å². The van der Waals surface area contributed by atoms with Crippen LogP contribution in [0.3, 0.4) is 0 Å². The van der Waals surface area contributed by atoms with Gasteiger partial charge < -0.3 is 9.57 Å². The van der Waals surface area contributed by atoms with Crippen molar-refractivity contribution in [3.63, 3.8) is 0 Å². The molecule has 0 saturated carbocycles. The maximum absolute atomic E-state index is 13.2. The van der Waals surface area contributed by atoms with E-state index in [0.29, 0.717) is 28.2 Å². The number of hydrogen-bond acceptors (Lipinski definition) is 6. The molecule has 0 atom stereocenters. The number of amides is 1. The standard InChI is InChI=1S/C20H21FN4O3/c1-14(19(24-28-4)15-9-11-17(21)12-10-15)23-22-13-16-7-5-6-8-18(16)25(2)20(26)27-3/h5-13H,1-4H3. The van der Waals surface area contributed by atoms with Crippen LogP contribution in [0.5, 0.6) is 0 Å². The van der Waals surface area contributed by atoms with Gasteiger partial charge in [0.1, 0.15) is 18.6 Å². The van der Waals surface area contributed by atoms with Crippen molar-refractivity contribution in [2.75, 3.05) is 26.2 Å². The highest BCUT2D eigenvalue weighted by Crippen LogP contribution is 2.18. The van der Waals surface area contributed by atoms with Gasteiger partial charge in [-0.25, -0.2) is 9.18 Å². The molecule has 0 fully saturated rings. The average Bonchev–Trinajstić information content (AvgIpc) is 2.72. The summed E-state index contributed by atoms with van der Waals surface area (Å²) in [4.78, 5) is 18.0. The van der Waals surface area contributed by atoms with Gasteiger partial charge in [0.2, 0.25) is 0 Å². The van der Waals surface area contributed by atoms with Crippen molar-refractivity contribution in [1.82, 2.24) is 0 Å². The molecule has 7 nitrogen and oxygen atoms in total. The predicted molar refractivity (Wildman–Crippen MR) is 108 cm³/mol. The molecule has 0 bridgehead atoms. The third kappa shape index (κ3) is 5.23. The van der Waals surface area contributed by atoms with E-state index < -0.39 is 6.09 Å². The molecule has 0 N–H and O–H groups in total. The van der Waals surface area contributed by atoms with Crippen LogP contribution in [0.15, 0.2) is 63.9 Å². The second kappa shape index (κ2) is 9.96. The van der Waals surface area contributed by atoms with E-state index in [9.17, 15) is 9.18 Å². The number of anilines is 1. The molecule has 0 aromatic heterocycles. The van der Waals surface area contributed by atoms with E-state index in [0.717, 1.165) is 0 Å². The highest BCUT2D eigenvalue weighted by molar-refractivity contribution is 6.47. The quantitative estimate of drug-likeness (QED) is 0.560. The Morgan fingerprint density at radius 3 is 2.43 bits per heavy atom. The van der Waals surface area contributed by atoms with Crippen molar-refractivity contribution >= 4 is 29.4 Å². The molecule has 0 saturated heterocycles. The smallest absolute Gasteiger partial charge is 0.413 e. The molecule has 1 amide bonds. The maximum atomic E-state index is 13.2. The highest BCUT2D eigenvalue weighted by Gasteiger charge is 2.13. The largest absolute Gasteiger partial charge is 0.452 e. The molecule has 0 aliphatic rings. The first-order valence-corrected chi connectivity index (χ1v) is 8.33. The van der Waals surface area contributed by atoms with Crippen LogP contribution in [0.4, 0.5) is 14.9 Å². The second-order valence-corrected chi connectivity index (χ2v) is 5.65. The fourth-order valence-corrected chi connectivity index (χ4v) is 2.39. The number of rotatable bonds is 6. The van der Waals surface area contributed by atoms with Gasteiger partial charge in [0, 0.05) is 18.2 Å². The number of benzene rings is 2. The molecule has 0 unspecified atom stereocenters. The number of carbonyl (C=O) groups excluding carboxylic acids is 1. The molecular formula is C20H21FN4O3.